The SMILES string of the molecule is CN(C)S(=O)(=O)n1cc[n+](CCOCCOCCOCCOCc2ccccc2)c1.[Cl-]. The van der Waals surface area contributed by atoms with Crippen molar-refractivity contribution < 1.29 is 44.3 Å². The predicted molar refractivity (Wildman–Crippen MR) is 111 cm³/mol. The molecule has 0 fully saturated rings. The number of rotatable bonds is 16. The van der Waals surface area contributed by atoms with Crippen LogP contribution in [0.1, 0.15) is 5.56 Å². The van der Waals surface area contributed by atoms with E-state index in [1.807, 2.05) is 30.3 Å². The number of halogens is 1. The molecule has 2 rings (SSSR count). The van der Waals surface area contributed by atoms with Gasteiger partial charge in [0.2, 0.25) is 0 Å². The zero-order valence-electron chi connectivity index (χ0n) is 18.1. The highest BCUT2D eigenvalue weighted by Crippen LogP contribution is 2.00. The number of nitrogens with zero attached hydrogens (tertiary/aromatic N) is 3. The Morgan fingerprint density at radius 3 is 2.00 bits per heavy atom. The highest BCUT2D eigenvalue weighted by molar-refractivity contribution is 7.87. The molecule has 0 saturated heterocycles. The predicted octanol–water partition coefficient (Wildman–Crippen LogP) is -2.30. The zero-order valence-corrected chi connectivity index (χ0v) is 19.6. The molecule has 0 bridgehead atoms. The van der Waals surface area contributed by atoms with Gasteiger partial charge in [-0.15, -0.1) is 3.97 Å². The number of aromatic nitrogens is 2. The first-order valence-corrected chi connectivity index (χ1v) is 11.2. The highest BCUT2D eigenvalue weighted by atomic mass is 35.5. The van der Waals surface area contributed by atoms with Crippen molar-refractivity contribution in [1.29, 1.82) is 0 Å². The van der Waals surface area contributed by atoms with Gasteiger partial charge in [0.15, 0.2) is 0 Å². The molecule has 0 aliphatic carbocycles. The first-order chi connectivity index (χ1) is 14.5. The molecule has 0 aliphatic heterocycles. The van der Waals surface area contributed by atoms with Crippen LogP contribution in [0.4, 0.5) is 0 Å². The molecular weight excluding hydrogens is 446 g/mol. The van der Waals surface area contributed by atoms with Crippen molar-refractivity contribution in [3.8, 4) is 0 Å². The van der Waals surface area contributed by atoms with Gasteiger partial charge in [-0.1, -0.05) is 30.3 Å². The molecule has 0 spiro atoms. The standard InChI is InChI=1S/C20H32N3O6S.ClH/c1-21(2)30(24,25)23-9-8-22(19-23)10-11-26-12-13-27-14-15-28-16-17-29-18-20-6-4-3-5-7-20;/h3-9,19H,10-18H2,1-2H3;1H/q+1;/p-1. The summed E-state index contributed by atoms with van der Waals surface area (Å²) in [5.41, 5.74) is 1.15. The second-order valence-corrected chi connectivity index (χ2v) is 8.69. The van der Waals surface area contributed by atoms with E-state index in [-0.39, 0.29) is 12.4 Å². The van der Waals surface area contributed by atoms with Crippen molar-refractivity contribution in [2.24, 2.45) is 0 Å². The Bertz CT molecular complexity index is 817. The van der Waals surface area contributed by atoms with Gasteiger partial charge in [0.1, 0.15) is 18.9 Å². The summed E-state index contributed by atoms with van der Waals surface area (Å²) in [7, 11) is -0.489. The van der Waals surface area contributed by atoms with Gasteiger partial charge in [0.05, 0.1) is 52.9 Å². The van der Waals surface area contributed by atoms with Crippen LogP contribution in [0.25, 0.3) is 0 Å². The molecule has 0 aliphatic rings. The summed E-state index contributed by atoms with van der Waals surface area (Å²) in [5, 5.41) is 0. The summed E-state index contributed by atoms with van der Waals surface area (Å²) in [6.45, 7) is 4.66. The summed E-state index contributed by atoms with van der Waals surface area (Å²) in [6, 6.07) is 10.0. The number of hydrogen-bond acceptors (Lipinski definition) is 6. The van der Waals surface area contributed by atoms with Crippen LogP contribution in [-0.4, -0.2) is 77.0 Å². The maximum absolute atomic E-state index is 12.0. The van der Waals surface area contributed by atoms with E-state index in [4.69, 9.17) is 18.9 Å². The van der Waals surface area contributed by atoms with Crippen LogP contribution in [0.2, 0.25) is 0 Å². The van der Waals surface area contributed by atoms with Crippen molar-refractivity contribution in [1.82, 2.24) is 8.28 Å². The fraction of sp³-hybridized carbons (Fsp3) is 0.550. The number of benzene rings is 1. The van der Waals surface area contributed by atoms with Crippen molar-refractivity contribution in [2.45, 2.75) is 13.2 Å². The third kappa shape index (κ3) is 10.6. The van der Waals surface area contributed by atoms with Crippen LogP contribution >= 0.6 is 0 Å². The lowest BCUT2D eigenvalue weighted by Gasteiger charge is -2.07. The van der Waals surface area contributed by atoms with Crippen molar-refractivity contribution >= 4 is 10.2 Å². The lowest BCUT2D eigenvalue weighted by Crippen LogP contribution is -3.00. The second kappa shape index (κ2) is 15.3. The number of ether oxygens (including phenoxy) is 4. The van der Waals surface area contributed by atoms with Crippen molar-refractivity contribution in [3.63, 3.8) is 0 Å². The average Bonchev–Trinajstić information content (AvgIpc) is 3.22. The van der Waals surface area contributed by atoms with Gasteiger partial charge in [-0.3, -0.25) is 0 Å². The third-order valence-corrected chi connectivity index (χ3v) is 5.79. The Morgan fingerprint density at radius 2 is 1.42 bits per heavy atom. The lowest BCUT2D eigenvalue weighted by molar-refractivity contribution is -0.697. The minimum atomic E-state index is -3.48. The molecule has 0 saturated carbocycles. The van der Waals surface area contributed by atoms with Crippen LogP contribution in [0.15, 0.2) is 49.1 Å². The van der Waals surface area contributed by atoms with E-state index in [1.54, 1.807) is 10.8 Å². The summed E-state index contributed by atoms with van der Waals surface area (Å²) >= 11 is 0. The van der Waals surface area contributed by atoms with Gasteiger partial charge in [-0.25, -0.2) is 4.57 Å². The fourth-order valence-corrected chi connectivity index (χ4v) is 3.25. The molecule has 31 heavy (non-hydrogen) atoms. The topological polar surface area (TPSA) is 83.1 Å². The average molecular weight is 478 g/mol. The molecule has 0 unspecified atom stereocenters. The van der Waals surface area contributed by atoms with E-state index in [9.17, 15) is 8.42 Å². The van der Waals surface area contributed by atoms with E-state index in [1.165, 1.54) is 30.6 Å². The van der Waals surface area contributed by atoms with Gasteiger partial charge in [-0.2, -0.15) is 12.7 Å². The molecule has 0 atom stereocenters. The molecule has 11 heteroatoms. The number of imidazole rings is 1. The van der Waals surface area contributed by atoms with E-state index in [0.717, 1.165) is 9.87 Å². The van der Waals surface area contributed by atoms with E-state index in [0.29, 0.717) is 59.4 Å². The van der Waals surface area contributed by atoms with E-state index >= 15 is 0 Å². The second-order valence-electron chi connectivity index (χ2n) is 6.65. The summed E-state index contributed by atoms with van der Waals surface area (Å²) in [5.74, 6) is 0. The maximum atomic E-state index is 12.0. The van der Waals surface area contributed by atoms with Crippen LogP contribution in [-0.2, 0) is 42.3 Å². The lowest BCUT2D eigenvalue weighted by atomic mass is 10.2. The minimum Gasteiger partial charge on any atom is -1.00 e. The monoisotopic (exact) mass is 477 g/mol. The Kier molecular flexibility index (Phi) is 13.6. The van der Waals surface area contributed by atoms with E-state index < -0.39 is 10.2 Å². The largest absolute Gasteiger partial charge is 1.00 e. The fourth-order valence-electron chi connectivity index (χ4n) is 2.43. The van der Waals surface area contributed by atoms with Crippen LogP contribution in [0, 0.1) is 0 Å². The third-order valence-electron chi connectivity index (χ3n) is 4.12. The number of hydrogen-bond donors (Lipinski definition) is 0. The summed E-state index contributed by atoms with van der Waals surface area (Å²) < 4.78 is 50.0. The van der Waals surface area contributed by atoms with Gasteiger partial charge in [-0.05, 0) is 5.56 Å². The molecule has 1 heterocycles. The Hall–Kier alpha value is -1.53. The molecule has 1 aromatic heterocycles. The van der Waals surface area contributed by atoms with E-state index in [2.05, 4.69) is 0 Å². The summed E-state index contributed by atoms with van der Waals surface area (Å²) in [6.07, 6.45) is 4.73. The molecular formula is C20H32ClN3O6S. The molecule has 0 amide bonds. The minimum absolute atomic E-state index is 0. The van der Waals surface area contributed by atoms with Crippen molar-refractivity contribution in [3.05, 3.63) is 54.6 Å². The Balaban J connectivity index is 0.00000480. The quantitative estimate of drug-likeness (QED) is 0.200. The molecule has 1 aromatic carbocycles. The first-order valence-electron chi connectivity index (χ1n) is 9.85. The zero-order chi connectivity index (χ0) is 21.7. The van der Waals surface area contributed by atoms with Crippen LogP contribution in [0.3, 0.4) is 0 Å². The molecule has 9 nitrogen and oxygen atoms in total. The van der Waals surface area contributed by atoms with Crippen LogP contribution < -0.4 is 17.0 Å². The molecule has 0 radical (unpaired) electrons. The normalized spacial score (nSPS) is 11.6. The van der Waals surface area contributed by atoms with Gasteiger partial charge in [0, 0.05) is 14.1 Å². The van der Waals surface area contributed by atoms with Gasteiger partial charge < -0.3 is 31.4 Å². The highest BCUT2D eigenvalue weighted by Gasteiger charge is 2.22. The maximum Gasteiger partial charge on any atom is 0.379 e. The smallest absolute Gasteiger partial charge is 0.379 e. The van der Waals surface area contributed by atoms with Gasteiger partial charge in [0.25, 0.3) is 6.33 Å². The van der Waals surface area contributed by atoms with Crippen LogP contribution in [0.5, 0.6) is 0 Å². The Morgan fingerprint density at radius 1 is 0.871 bits per heavy atom. The molecule has 0 N–H and O–H groups in total. The molecule has 2 aromatic rings. The van der Waals surface area contributed by atoms with Gasteiger partial charge >= 0.3 is 10.2 Å². The summed E-state index contributed by atoms with van der Waals surface area (Å²) in [4.78, 5) is 0. The Labute approximate surface area is 191 Å². The first kappa shape index (κ1) is 27.5. The molecule has 176 valence electrons. The van der Waals surface area contributed by atoms with Crippen molar-refractivity contribution in [2.75, 3.05) is 60.3 Å².